The smallest absolute Gasteiger partial charge is 0.123 e. The van der Waals surface area contributed by atoms with Crippen molar-refractivity contribution in [1.82, 2.24) is 0 Å². The molecule has 0 amide bonds. The van der Waals surface area contributed by atoms with Crippen molar-refractivity contribution in [1.29, 1.82) is 0 Å². The van der Waals surface area contributed by atoms with E-state index in [1.807, 2.05) is 12.1 Å². The number of fused-ring (bicyclic) bond motifs is 7. The fraction of sp³-hybridized carbons (Fsp3) is 0.0667. The molecule has 0 heterocycles. The summed E-state index contributed by atoms with van der Waals surface area (Å²) in [5.74, 6) is -0.224. The van der Waals surface area contributed by atoms with Gasteiger partial charge in [-0.15, -0.1) is 0 Å². The zero-order chi connectivity index (χ0) is 31.0. The lowest BCUT2D eigenvalue weighted by Crippen LogP contribution is -2.15. The Bertz CT molecular complexity index is 2420. The molecule has 0 saturated heterocycles. The Morgan fingerprint density at radius 2 is 0.783 bits per heavy atom. The van der Waals surface area contributed by atoms with Gasteiger partial charge in [0, 0.05) is 5.41 Å². The number of rotatable bonds is 3. The molecule has 0 saturated carbocycles. The van der Waals surface area contributed by atoms with E-state index in [4.69, 9.17) is 0 Å². The molecule has 0 fully saturated rings. The van der Waals surface area contributed by atoms with E-state index in [1.54, 1.807) is 12.1 Å². The zero-order valence-electron chi connectivity index (χ0n) is 25.8. The summed E-state index contributed by atoms with van der Waals surface area (Å²) in [5, 5.41) is 7.30. The van der Waals surface area contributed by atoms with Gasteiger partial charge in [0.2, 0.25) is 0 Å². The van der Waals surface area contributed by atoms with Gasteiger partial charge in [-0.05, 0) is 106 Å². The average molecular weight is 591 g/mol. The molecule has 1 heteroatoms. The van der Waals surface area contributed by atoms with Gasteiger partial charge < -0.3 is 0 Å². The molecule has 8 aromatic carbocycles. The molecule has 46 heavy (non-hydrogen) atoms. The van der Waals surface area contributed by atoms with Crippen LogP contribution in [0.4, 0.5) is 4.39 Å². The highest BCUT2D eigenvalue weighted by Gasteiger charge is 2.36. The van der Waals surface area contributed by atoms with Gasteiger partial charge in [-0.2, -0.15) is 0 Å². The Morgan fingerprint density at radius 3 is 1.33 bits per heavy atom. The lowest BCUT2D eigenvalue weighted by Gasteiger charge is -2.23. The van der Waals surface area contributed by atoms with Gasteiger partial charge in [0.15, 0.2) is 0 Å². The second-order valence-corrected chi connectivity index (χ2v) is 13.0. The van der Waals surface area contributed by atoms with E-state index in [1.165, 1.54) is 76.8 Å². The van der Waals surface area contributed by atoms with Gasteiger partial charge in [-0.3, -0.25) is 0 Å². The quantitative estimate of drug-likeness (QED) is 0.180. The summed E-state index contributed by atoms with van der Waals surface area (Å²) in [4.78, 5) is 0. The Hall–Kier alpha value is -5.53. The van der Waals surface area contributed by atoms with E-state index in [9.17, 15) is 4.39 Å². The monoisotopic (exact) mass is 590 g/mol. The van der Waals surface area contributed by atoms with E-state index in [-0.39, 0.29) is 11.2 Å². The van der Waals surface area contributed by atoms with Crippen molar-refractivity contribution >= 4 is 32.3 Å². The highest BCUT2D eigenvalue weighted by molar-refractivity contribution is 6.21. The fourth-order valence-electron chi connectivity index (χ4n) is 7.97. The molecule has 0 aromatic heterocycles. The third-order valence-electron chi connectivity index (χ3n) is 10.1. The van der Waals surface area contributed by atoms with Crippen molar-refractivity contribution < 1.29 is 4.39 Å². The fourth-order valence-corrected chi connectivity index (χ4v) is 7.97. The van der Waals surface area contributed by atoms with Crippen LogP contribution >= 0.6 is 0 Å². The number of benzene rings is 8. The first-order valence-corrected chi connectivity index (χ1v) is 16.0. The standard InChI is InChI=1S/C45H31F/c1-45(2)40-18-10-9-17-38(40)44-33-12-4-3-11-32(33)39(27-41(44)45)28-19-21-29(22-20-28)42-34-13-5-7-15-36(34)43(30-23-25-31(46)26-24-30)37-16-8-6-14-35(37)42/h3-27H,1-2H3. The van der Waals surface area contributed by atoms with Crippen LogP contribution < -0.4 is 0 Å². The maximum absolute atomic E-state index is 13.9. The van der Waals surface area contributed by atoms with E-state index in [0.717, 1.165) is 11.1 Å². The van der Waals surface area contributed by atoms with Gasteiger partial charge in [0.05, 0.1) is 0 Å². The molecule has 0 bridgehead atoms. The van der Waals surface area contributed by atoms with Crippen molar-refractivity contribution in [3.63, 3.8) is 0 Å². The first-order valence-electron chi connectivity index (χ1n) is 16.0. The van der Waals surface area contributed by atoms with Crippen LogP contribution in [0.3, 0.4) is 0 Å². The van der Waals surface area contributed by atoms with Crippen LogP contribution in [0.5, 0.6) is 0 Å². The van der Waals surface area contributed by atoms with Crippen molar-refractivity contribution in [2.24, 2.45) is 0 Å². The largest absolute Gasteiger partial charge is 0.207 e. The third-order valence-corrected chi connectivity index (χ3v) is 10.1. The summed E-state index contributed by atoms with van der Waals surface area (Å²) < 4.78 is 13.9. The number of halogens is 1. The van der Waals surface area contributed by atoms with Crippen LogP contribution in [-0.4, -0.2) is 0 Å². The minimum Gasteiger partial charge on any atom is -0.207 e. The third kappa shape index (κ3) is 3.85. The summed E-state index contributed by atoms with van der Waals surface area (Å²) in [7, 11) is 0. The predicted molar refractivity (Wildman–Crippen MR) is 193 cm³/mol. The van der Waals surface area contributed by atoms with Crippen LogP contribution in [-0.2, 0) is 5.41 Å². The van der Waals surface area contributed by atoms with Crippen LogP contribution in [0.1, 0.15) is 25.0 Å². The highest BCUT2D eigenvalue weighted by atomic mass is 19.1. The molecule has 0 nitrogen and oxygen atoms in total. The van der Waals surface area contributed by atoms with E-state index in [0.29, 0.717) is 0 Å². The molecule has 0 N–H and O–H groups in total. The number of hydrogen-bond acceptors (Lipinski definition) is 0. The molecule has 0 aliphatic heterocycles. The summed E-state index contributed by atoms with van der Waals surface area (Å²) in [6.45, 7) is 4.70. The molecule has 0 atom stereocenters. The second-order valence-electron chi connectivity index (χ2n) is 13.0. The van der Waals surface area contributed by atoms with Crippen LogP contribution in [0.15, 0.2) is 152 Å². The Kier molecular flexibility index (Phi) is 5.83. The van der Waals surface area contributed by atoms with E-state index in [2.05, 4.69) is 141 Å². The summed E-state index contributed by atoms with van der Waals surface area (Å²) in [5.41, 5.74) is 12.5. The van der Waals surface area contributed by atoms with Crippen LogP contribution in [0.2, 0.25) is 0 Å². The van der Waals surface area contributed by atoms with Crippen LogP contribution in [0.25, 0.3) is 76.8 Å². The molecule has 8 aromatic rings. The Balaban J connectivity index is 1.25. The molecule has 1 aliphatic rings. The molecule has 0 unspecified atom stereocenters. The maximum atomic E-state index is 13.9. The minimum absolute atomic E-state index is 0.0747. The van der Waals surface area contributed by atoms with Gasteiger partial charge in [0.1, 0.15) is 5.82 Å². The molecule has 9 rings (SSSR count). The highest BCUT2D eigenvalue weighted by Crippen LogP contribution is 2.53. The van der Waals surface area contributed by atoms with Crippen molar-refractivity contribution in [3.05, 3.63) is 169 Å². The minimum atomic E-state index is -0.224. The lowest BCUT2D eigenvalue weighted by atomic mass is 9.80. The molecule has 0 radical (unpaired) electrons. The van der Waals surface area contributed by atoms with Gasteiger partial charge in [-0.25, -0.2) is 4.39 Å². The molecule has 218 valence electrons. The van der Waals surface area contributed by atoms with Crippen molar-refractivity contribution in [2.45, 2.75) is 19.3 Å². The van der Waals surface area contributed by atoms with E-state index >= 15 is 0 Å². The Morgan fingerprint density at radius 1 is 0.370 bits per heavy atom. The molecular formula is C45H31F. The topological polar surface area (TPSA) is 0 Å². The maximum Gasteiger partial charge on any atom is 0.123 e. The lowest BCUT2D eigenvalue weighted by molar-refractivity contribution is 0.628. The van der Waals surface area contributed by atoms with Gasteiger partial charge in [0.25, 0.3) is 0 Å². The molecular weight excluding hydrogens is 559 g/mol. The van der Waals surface area contributed by atoms with Gasteiger partial charge >= 0.3 is 0 Å². The van der Waals surface area contributed by atoms with Crippen LogP contribution in [0, 0.1) is 5.82 Å². The summed E-state index contributed by atoms with van der Waals surface area (Å²) in [6, 6.07) is 53.4. The summed E-state index contributed by atoms with van der Waals surface area (Å²) in [6.07, 6.45) is 0. The van der Waals surface area contributed by atoms with Gasteiger partial charge in [-0.1, -0.05) is 147 Å². The zero-order valence-corrected chi connectivity index (χ0v) is 25.8. The Labute approximate surface area is 268 Å². The second kappa shape index (κ2) is 9.99. The predicted octanol–water partition coefficient (Wildman–Crippen LogP) is 12.6. The SMILES string of the molecule is CC1(C)c2ccccc2-c2c1cc(-c1ccc(-c3c4ccccc4c(-c4ccc(F)cc4)c4ccccc34)cc1)c1ccccc21. The van der Waals surface area contributed by atoms with Crippen molar-refractivity contribution in [2.75, 3.05) is 0 Å². The molecule has 1 aliphatic carbocycles. The average Bonchev–Trinajstić information content (AvgIpc) is 3.33. The normalized spacial score (nSPS) is 13.3. The number of hydrogen-bond donors (Lipinski definition) is 0. The summed E-state index contributed by atoms with van der Waals surface area (Å²) >= 11 is 0. The van der Waals surface area contributed by atoms with E-state index < -0.39 is 0 Å². The molecule has 0 spiro atoms. The van der Waals surface area contributed by atoms with Crippen molar-refractivity contribution in [3.8, 4) is 44.5 Å². The first kappa shape index (κ1) is 26.8. The first-order chi connectivity index (χ1) is 22.5.